The highest BCUT2D eigenvalue weighted by Crippen LogP contribution is 2.18. The topological polar surface area (TPSA) is 87.7 Å². The lowest BCUT2D eigenvalue weighted by Gasteiger charge is -2.25. The van der Waals surface area contributed by atoms with Gasteiger partial charge in [-0.1, -0.05) is 0 Å². The summed E-state index contributed by atoms with van der Waals surface area (Å²) in [5, 5.41) is 14.7. The molecule has 6 nitrogen and oxygen atoms in total. The van der Waals surface area contributed by atoms with Gasteiger partial charge in [0, 0.05) is 18.6 Å². The molecule has 3 N–H and O–H groups in total. The molecule has 0 aromatic rings. The fourth-order valence-corrected chi connectivity index (χ4v) is 1.54. The number of carbonyl (C=O) groups excluding carboxylic acids is 1. The van der Waals surface area contributed by atoms with E-state index >= 15 is 0 Å². The van der Waals surface area contributed by atoms with Gasteiger partial charge in [0.25, 0.3) is 0 Å². The van der Waals surface area contributed by atoms with E-state index in [1.807, 2.05) is 20.8 Å². The maximum Gasteiger partial charge on any atom is 0.331 e. The zero-order chi connectivity index (χ0) is 13.1. The van der Waals surface area contributed by atoms with E-state index in [2.05, 4.69) is 10.6 Å². The van der Waals surface area contributed by atoms with Gasteiger partial charge in [-0.15, -0.1) is 0 Å². The van der Waals surface area contributed by atoms with E-state index in [1.165, 1.54) is 0 Å². The highest BCUT2D eigenvalue weighted by molar-refractivity contribution is 5.88. The predicted octanol–water partition coefficient (Wildman–Crippen LogP) is -0.266. The molecule has 0 aromatic carbocycles. The van der Waals surface area contributed by atoms with Crippen LogP contribution in [0.15, 0.2) is 0 Å². The largest absolute Gasteiger partial charge is 0.479 e. The van der Waals surface area contributed by atoms with E-state index in [-0.39, 0.29) is 24.6 Å². The molecule has 1 saturated heterocycles. The number of carboxylic acids is 1. The third-order valence-electron chi connectivity index (χ3n) is 2.59. The molecule has 0 aliphatic carbocycles. The highest BCUT2D eigenvalue weighted by Gasteiger charge is 2.43. The van der Waals surface area contributed by atoms with Gasteiger partial charge in [-0.25, -0.2) is 4.79 Å². The van der Waals surface area contributed by atoms with Crippen LogP contribution in [0.25, 0.3) is 0 Å². The molecule has 1 atom stereocenters. The molecule has 0 aromatic heterocycles. The number of aliphatic carboxylic acids is 1. The number of amides is 1. The molecule has 0 saturated carbocycles. The maximum atomic E-state index is 11.7. The van der Waals surface area contributed by atoms with Crippen LogP contribution < -0.4 is 10.6 Å². The first-order chi connectivity index (χ1) is 7.75. The van der Waals surface area contributed by atoms with Gasteiger partial charge in [0.2, 0.25) is 5.91 Å². The van der Waals surface area contributed by atoms with Crippen molar-refractivity contribution in [3.05, 3.63) is 0 Å². The Morgan fingerprint density at radius 1 is 1.41 bits per heavy atom. The molecule has 0 bridgehead atoms. The van der Waals surface area contributed by atoms with E-state index in [9.17, 15) is 9.59 Å². The van der Waals surface area contributed by atoms with E-state index in [1.54, 1.807) is 0 Å². The predicted molar refractivity (Wildman–Crippen MR) is 61.7 cm³/mol. The first kappa shape index (κ1) is 13.9. The Morgan fingerprint density at radius 2 is 2.06 bits per heavy atom. The van der Waals surface area contributed by atoms with Crippen LogP contribution in [0.1, 0.15) is 27.2 Å². The second kappa shape index (κ2) is 5.01. The van der Waals surface area contributed by atoms with Gasteiger partial charge in [-0.05, 0) is 20.8 Å². The van der Waals surface area contributed by atoms with Crippen LogP contribution in [-0.2, 0) is 14.3 Å². The summed E-state index contributed by atoms with van der Waals surface area (Å²) in [6.07, 6.45) is 0.309. The second-order valence-corrected chi connectivity index (χ2v) is 5.34. The van der Waals surface area contributed by atoms with Crippen LogP contribution in [0.4, 0.5) is 0 Å². The van der Waals surface area contributed by atoms with E-state index in [0.29, 0.717) is 13.0 Å². The Kier molecular flexibility index (Phi) is 4.11. The van der Waals surface area contributed by atoms with Gasteiger partial charge >= 0.3 is 5.97 Å². The van der Waals surface area contributed by atoms with Crippen LogP contribution in [0.3, 0.4) is 0 Å². The molecule has 1 amide bonds. The third kappa shape index (κ3) is 3.98. The molecule has 1 aliphatic rings. The summed E-state index contributed by atoms with van der Waals surface area (Å²) < 4.78 is 5.05. The molecular weight excluding hydrogens is 224 g/mol. The van der Waals surface area contributed by atoms with Gasteiger partial charge in [0.05, 0.1) is 13.2 Å². The zero-order valence-corrected chi connectivity index (χ0v) is 10.5. The van der Waals surface area contributed by atoms with Crippen LogP contribution in [0.2, 0.25) is 0 Å². The number of ether oxygens (including phenoxy) is 1. The van der Waals surface area contributed by atoms with E-state index in [0.717, 1.165) is 0 Å². The van der Waals surface area contributed by atoms with Crippen molar-refractivity contribution in [2.75, 3.05) is 19.8 Å². The van der Waals surface area contributed by atoms with Gasteiger partial charge in [-0.3, -0.25) is 4.79 Å². The lowest BCUT2D eigenvalue weighted by molar-refractivity contribution is -0.147. The molecular formula is C11H20N2O4. The Labute approximate surface area is 101 Å². The standard InChI is InChI=1S/C11H20N2O4/c1-10(2,3)12-6-8(14)13-11(9(15)16)4-5-17-7-11/h12H,4-7H2,1-3H3,(H,13,14)(H,15,16). The van der Waals surface area contributed by atoms with Gasteiger partial charge in [0.15, 0.2) is 5.54 Å². The monoisotopic (exact) mass is 244 g/mol. The third-order valence-corrected chi connectivity index (χ3v) is 2.59. The van der Waals surface area contributed by atoms with Crippen molar-refractivity contribution in [2.45, 2.75) is 38.3 Å². The van der Waals surface area contributed by atoms with Gasteiger partial charge in [0.1, 0.15) is 0 Å². The van der Waals surface area contributed by atoms with Crippen molar-refractivity contribution in [1.82, 2.24) is 10.6 Å². The van der Waals surface area contributed by atoms with Crippen LogP contribution in [0, 0.1) is 0 Å². The Balaban J connectivity index is 2.51. The van der Waals surface area contributed by atoms with Gasteiger partial charge < -0.3 is 20.5 Å². The summed E-state index contributed by atoms with van der Waals surface area (Å²) in [4.78, 5) is 22.8. The summed E-state index contributed by atoms with van der Waals surface area (Å²) in [5.41, 5.74) is -1.43. The zero-order valence-electron chi connectivity index (χ0n) is 10.5. The molecule has 1 aliphatic heterocycles. The number of hydrogen-bond acceptors (Lipinski definition) is 4. The Hall–Kier alpha value is -1.14. The minimum Gasteiger partial charge on any atom is -0.479 e. The molecule has 1 heterocycles. The second-order valence-electron chi connectivity index (χ2n) is 5.34. The molecule has 17 heavy (non-hydrogen) atoms. The summed E-state index contributed by atoms with van der Waals surface area (Å²) in [6.45, 7) is 6.30. The van der Waals surface area contributed by atoms with Crippen molar-refractivity contribution in [3.8, 4) is 0 Å². The van der Waals surface area contributed by atoms with E-state index < -0.39 is 11.5 Å². The van der Waals surface area contributed by atoms with Crippen molar-refractivity contribution < 1.29 is 19.4 Å². The van der Waals surface area contributed by atoms with Crippen LogP contribution >= 0.6 is 0 Å². The number of hydrogen-bond donors (Lipinski definition) is 3. The number of carbonyl (C=O) groups is 2. The summed E-state index contributed by atoms with van der Waals surface area (Å²) in [6, 6.07) is 0. The summed E-state index contributed by atoms with van der Waals surface area (Å²) >= 11 is 0. The van der Waals surface area contributed by atoms with Crippen LogP contribution in [-0.4, -0.2) is 47.8 Å². The Morgan fingerprint density at radius 3 is 2.47 bits per heavy atom. The van der Waals surface area contributed by atoms with Gasteiger partial charge in [-0.2, -0.15) is 0 Å². The molecule has 0 radical (unpaired) electrons. The lowest BCUT2D eigenvalue weighted by atomic mass is 9.99. The first-order valence-electron chi connectivity index (χ1n) is 5.62. The molecule has 1 unspecified atom stereocenters. The molecule has 6 heteroatoms. The minimum atomic E-state index is -1.25. The Bertz CT molecular complexity index is 303. The number of carboxylic acid groups (broad SMARTS) is 1. The highest BCUT2D eigenvalue weighted by atomic mass is 16.5. The average molecular weight is 244 g/mol. The fourth-order valence-electron chi connectivity index (χ4n) is 1.54. The van der Waals surface area contributed by atoms with Crippen molar-refractivity contribution in [1.29, 1.82) is 0 Å². The lowest BCUT2D eigenvalue weighted by Crippen LogP contribution is -2.57. The average Bonchev–Trinajstić information content (AvgIpc) is 2.63. The smallest absolute Gasteiger partial charge is 0.331 e. The SMILES string of the molecule is CC(C)(C)NCC(=O)NC1(C(=O)O)CCOC1. The maximum absolute atomic E-state index is 11.7. The van der Waals surface area contributed by atoms with Crippen molar-refractivity contribution in [2.24, 2.45) is 0 Å². The quantitative estimate of drug-likeness (QED) is 0.634. The van der Waals surface area contributed by atoms with Crippen LogP contribution in [0.5, 0.6) is 0 Å². The fraction of sp³-hybridized carbons (Fsp3) is 0.818. The normalized spacial score (nSPS) is 24.6. The number of rotatable bonds is 4. The minimum absolute atomic E-state index is 0.0313. The van der Waals surface area contributed by atoms with Crippen molar-refractivity contribution in [3.63, 3.8) is 0 Å². The first-order valence-corrected chi connectivity index (χ1v) is 5.62. The molecule has 1 rings (SSSR count). The van der Waals surface area contributed by atoms with Crippen molar-refractivity contribution >= 4 is 11.9 Å². The molecule has 1 fully saturated rings. The molecule has 98 valence electrons. The summed E-state index contributed by atoms with van der Waals surface area (Å²) in [5.74, 6) is -1.37. The van der Waals surface area contributed by atoms with E-state index in [4.69, 9.17) is 9.84 Å². The molecule has 0 spiro atoms. The number of nitrogens with one attached hydrogen (secondary N) is 2. The summed E-state index contributed by atoms with van der Waals surface area (Å²) in [7, 11) is 0.